The van der Waals surface area contributed by atoms with Crippen molar-refractivity contribution in [3.05, 3.63) is 59.7 Å². The van der Waals surface area contributed by atoms with Crippen molar-refractivity contribution in [1.29, 1.82) is 0 Å². The van der Waals surface area contributed by atoms with E-state index in [1.54, 1.807) is 12.2 Å². The number of anilines is 1. The summed E-state index contributed by atoms with van der Waals surface area (Å²) in [4.78, 5) is 29.1. The molecule has 2 aromatic carbocycles. The lowest BCUT2D eigenvalue weighted by Gasteiger charge is -2.33. The van der Waals surface area contributed by atoms with Gasteiger partial charge in [-0.05, 0) is 55.7 Å². The van der Waals surface area contributed by atoms with Gasteiger partial charge in [-0.2, -0.15) is 0 Å². The lowest BCUT2D eigenvalue weighted by Crippen LogP contribution is -2.50. The molecule has 7 nitrogen and oxygen atoms in total. The van der Waals surface area contributed by atoms with E-state index < -0.39 is 0 Å². The number of hydrogen-bond donors (Lipinski definition) is 1. The predicted octanol–water partition coefficient (Wildman–Crippen LogP) is 3.84. The van der Waals surface area contributed by atoms with Gasteiger partial charge in [0.1, 0.15) is 0 Å². The maximum atomic E-state index is 12.7. The number of carbonyl (C=O) groups excluding carboxylic acids is 2. The third-order valence-corrected chi connectivity index (χ3v) is 5.71. The normalized spacial score (nSPS) is 14.3. The molecule has 1 saturated heterocycles. The lowest BCUT2D eigenvalue weighted by atomic mass is 10.1. The van der Waals surface area contributed by atoms with Gasteiger partial charge in [-0.25, -0.2) is 0 Å². The molecule has 1 aliphatic rings. The Kier molecular flexibility index (Phi) is 9.52. The topological polar surface area (TPSA) is 71.1 Å². The number of benzene rings is 2. The third kappa shape index (κ3) is 7.09. The first-order valence-corrected chi connectivity index (χ1v) is 12.0. The number of aryl methyl sites for hydroxylation is 1. The highest BCUT2D eigenvalue weighted by atomic mass is 16.5. The van der Waals surface area contributed by atoms with E-state index >= 15 is 0 Å². The van der Waals surface area contributed by atoms with Crippen molar-refractivity contribution in [2.24, 2.45) is 0 Å². The van der Waals surface area contributed by atoms with E-state index in [4.69, 9.17) is 9.47 Å². The van der Waals surface area contributed by atoms with E-state index in [9.17, 15) is 9.59 Å². The zero-order valence-corrected chi connectivity index (χ0v) is 20.4. The molecule has 0 bridgehead atoms. The summed E-state index contributed by atoms with van der Waals surface area (Å²) < 4.78 is 11.2. The number of hydrogen-bond acceptors (Lipinski definition) is 5. The predicted molar refractivity (Wildman–Crippen MR) is 135 cm³/mol. The van der Waals surface area contributed by atoms with Crippen molar-refractivity contribution in [3.8, 4) is 11.5 Å². The minimum atomic E-state index is -0.0344. The molecule has 0 spiro atoms. The largest absolute Gasteiger partial charge is 0.490 e. The number of nitrogens with zero attached hydrogens (tertiary/aromatic N) is 2. The van der Waals surface area contributed by atoms with E-state index in [0.717, 1.165) is 23.2 Å². The van der Waals surface area contributed by atoms with Gasteiger partial charge in [0.05, 0.1) is 19.8 Å². The summed E-state index contributed by atoms with van der Waals surface area (Å²) in [5, 5.41) is 3.02. The first-order valence-electron chi connectivity index (χ1n) is 12.0. The molecule has 3 rings (SSSR count). The van der Waals surface area contributed by atoms with Crippen molar-refractivity contribution < 1.29 is 19.1 Å². The van der Waals surface area contributed by atoms with E-state index in [1.807, 2.05) is 61.2 Å². The van der Waals surface area contributed by atoms with E-state index in [1.165, 1.54) is 0 Å². The van der Waals surface area contributed by atoms with Crippen LogP contribution in [0.2, 0.25) is 0 Å². The van der Waals surface area contributed by atoms with Crippen LogP contribution in [-0.4, -0.2) is 67.6 Å². The molecule has 0 unspecified atom stereocenters. The van der Waals surface area contributed by atoms with Crippen LogP contribution in [0.15, 0.2) is 48.5 Å². The first kappa shape index (κ1) is 25.3. The molecular formula is C27H35N3O4. The summed E-state index contributed by atoms with van der Waals surface area (Å²) in [5.41, 5.74) is 2.87. The van der Waals surface area contributed by atoms with Crippen LogP contribution in [0.1, 0.15) is 31.9 Å². The van der Waals surface area contributed by atoms with Crippen molar-refractivity contribution >= 4 is 23.6 Å². The molecule has 0 saturated carbocycles. The average molecular weight is 466 g/mol. The van der Waals surface area contributed by atoms with Crippen molar-refractivity contribution in [2.45, 2.75) is 27.2 Å². The summed E-state index contributed by atoms with van der Waals surface area (Å²) in [6.45, 7) is 9.87. The van der Waals surface area contributed by atoms with Crippen LogP contribution in [0.3, 0.4) is 0 Å². The molecule has 182 valence electrons. The molecule has 0 atom stereocenters. The molecule has 1 aliphatic heterocycles. The van der Waals surface area contributed by atoms with Crippen LogP contribution >= 0.6 is 0 Å². The van der Waals surface area contributed by atoms with Gasteiger partial charge in [-0.1, -0.05) is 31.2 Å². The van der Waals surface area contributed by atoms with E-state index in [2.05, 4.69) is 17.1 Å². The van der Waals surface area contributed by atoms with E-state index in [0.29, 0.717) is 57.4 Å². The summed E-state index contributed by atoms with van der Waals surface area (Å²) in [6.07, 6.45) is 4.26. The Morgan fingerprint density at radius 3 is 2.35 bits per heavy atom. The zero-order valence-electron chi connectivity index (χ0n) is 20.4. The fraction of sp³-hybridized carbons (Fsp3) is 0.407. The molecule has 0 radical (unpaired) electrons. The van der Waals surface area contributed by atoms with Gasteiger partial charge in [-0.15, -0.1) is 0 Å². The molecule has 0 aromatic heterocycles. The van der Waals surface area contributed by atoms with Gasteiger partial charge in [0.2, 0.25) is 11.8 Å². The molecule has 34 heavy (non-hydrogen) atoms. The number of carbonyl (C=O) groups is 2. The number of rotatable bonds is 10. The number of ether oxygens (including phenoxy) is 2. The first-order chi connectivity index (χ1) is 16.5. The summed E-state index contributed by atoms with van der Waals surface area (Å²) >= 11 is 0. The molecule has 2 aromatic rings. The van der Waals surface area contributed by atoms with Crippen LogP contribution in [0.5, 0.6) is 11.5 Å². The SMILES string of the molecule is CCOc1ccc(/C=C/C(=O)N2CCN(CC(=O)Nc3ccccc3CC)CC2)cc1OCC. The van der Waals surface area contributed by atoms with Gasteiger partial charge in [0, 0.05) is 37.9 Å². The van der Waals surface area contributed by atoms with Crippen LogP contribution in [0.4, 0.5) is 5.69 Å². The standard InChI is InChI=1S/C27H35N3O4/c1-4-22-9-7-8-10-23(22)28-26(31)20-29-15-17-30(18-16-29)27(32)14-12-21-11-13-24(33-5-2)25(19-21)34-6-3/h7-14,19H,4-6,15-18,20H2,1-3H3,(H,28,31)/b14-12+. The second kappa shape index (κ2) is 12.8. The molecule has 7 heteroatoms. The number of amides is 2. The Balaban J connectivity index is 1.49. The summed E-state index contributed by atoms with van der Waals surface area (Å²) in [6, 6.07) is 13.5. The maximum absolute atomic E-state index is 12.7. The third-order valence-electron chi connectivity index (χ3n) is 5.71. The number of nitrogens with one attached hydrogen (secondary N) is 1. The Morgan fingerprint density at radius 1 is 0.941 bits per heavy atom. The zero-order chi connectivity index (χ0) is 24.3. The molecule has 1 N–H and O–H groups in total. The molecule has 0 aliphatic carbocycles. The van der Waals surface area contributed by atoms with Crippen LogP contribution in [0.25, 0.3) is 6.08 Å². The quantitative estimate of drug-likeness (QED) is 0.540. The van der Waals surface area contributed by atoms with Crippen LogP contribution in [-0.2, 0) is 16.0 Å². The highest BCUT2D eigenvalue weighted by molar-refractivity contribution is 5.93. The number of para-hydroxylation sites is 1. The average Bonchev–Trinajstić information content (AvgIpc) is 2.85. The highest BCUT2D eigenvalue weighted by Gasteiger charge is 2.21. The fourth-order valence-electron chi connectivity index (χ4n) is 3.91. The maximum Gasteiger partial charge on any atom is 0.246 e. The van der Waals surface area contributed by atoms with Gasteiger partial charge < -0.3 is 19.7 Å². The lowest BCUT2D eigenvalue weighted by molar-refractivity contribution is -0.127. The Bertz CT molecular complexity index is 997. The van der Waals surface area contributed by atoms with Crippen molar-refractivity contribution in [1.82, 2.24) is 9.80 Å². The monoisotopic (exact) mass is 465 g/mol. The summed E-state index contributed by atoms with van der Waals surface area (Å²) in [5.74, 6) is 1.31. The Labute approximate surface area is 202 Å². The molecule has 1 fully saturated rings. The van der Waals surface area contributed by atoms with Crippen LogP contribution < -0.4 is 14.8 Å². The molecule has 2 amide bonds. The second-order valence-corrected chi connectivity index (χ2v) is 8.07. The van der Waals surface area contributed by atoms with E-state index in [-0.39, 0.29) is 11.8 Å². The molecule has 1 heterocycles. The minimum Gasteiger partial charge on any atom is -0.490 e. The van der Waals surface area contributed by atoms with Gasteiger partial charge in [0.15, 0.2) is 11.5 Å². The van der Waals surface area contributed by atoms with Crippen LogP contribution in [0, 0.1) is 0 Å². The minimum absolute atomic E-state index is 0.0267. The van der Waals surface area contributed by atoms with Crippen molar-refractivity contribution in [2.75, 3.05) is 51.3 Å². The summed E-state index contributed by atoms with van der Waals surface area (Å²) in [7, 11) is 0. The van der Waals surface area contributed by atoms with Gasteiger partial charge >= 0.3 is 0 Å². The Hall–Kier alpha value is -3.32. The highest BCUT2D eigenvalue weighted by Crippen LogP contribution is 2.29. The van der Waals surface area contributed by atoms with Gasteiger partial charge in [0.25, 0.3) is 0 Å². The molecular weight excluding hydrogens is 430 g/mol. The van der Waals surface area contributed by atoms with Crippen molar-refractivity contribution in [3.63, 3.8) is 0 Å². The van der Waals surface area contributed by atoms with Gasteiger partial charge in [-0.3, -0.25) is 14.5 Å². The second-order valence-electron chi connectivity index (χ2n) is 8.07. The smallest absolute Gasteiger partial charge is 0.246 e. The fourth-order valence-corrected chi connectivity index (χ4v) is 3.91. The Morgan fingerprint density at radius 2 is 1.65 bits per heavy atom. The number of piperazine rings is 1.